The normalized spacial score (nSPS) is 10.3. The average Bonchev–Trinajstić information content (AvgIpc) is 2.33. The molecule has 3 N–H and O–H groups in total. The molecule has 2 aromatic rings. The van der Waals surface area contributed by atoms with Gasteiger partial charge < -0.3 is 11.1 Å². The van der Waals surface area contributed by atoms with E-state index in [-0.39, 0.29) is 11.5 Å². The van der Waals surface area contributed by atoms with Gasteiger partial charge in [0.05, 0.1) is 0 Å². The summed E-state index contributed by atoms with van der Waals surface area (Å²) < 4.78 is 13.8. The zero-order chi connectivity index (χ0) is 14.0. The van der Waals surface area contributed by atoms with Crippen LogP contribution in [0.5, 0.6) is 0 Å². The molecule has 0 aromatic heterocycles. The fourth-order valence-electron chi connectivity index (χ4n) is 1.67. The van der Waals surface area contributed by atoms with E-state index >= 15 is 0 Å². The van der Waals surface area contributed by atoms with Gasteiger partial charge in [0, 0.05) is 21.4 Å². The third kappa shape index (κ3) is 3.12. The summed E-state index contributed by atoms with van der Waals surface area (Å²) in [6.07, 6.45) is 0. The van der Waals surface area contributed by atoms with Gasteiger partial charge in [-0.05, 0) is 42.8 Å². The molecule has 0 aliphatic carbocycles. The molecule has 0 heterocycles. The van der Waals surface area contributed by atoms with E-state index in [0.717, 1.165) is 5.56 Å². The largest absolute Gasteiger partial charge is 0.398 e. The zero-order valence-electron chi connectivity index (χ0n) is 10.2. The van der Waals surface area contributed by atoms with E-state index in [2.05, 4.69) is 21.2 Å². The van der Waals surface area contributed by atoms with Crippen LogP contribution in [0.15, 0.2) is 40.9 Å². The number of nitrogens with two attached hydrogens (primary N) is 1. The maximum Gasteiger partial charge on any atom is 0.255 e. The van der Waals surface area contributed by atoms with E-state index in [1.54, 1.807) is 24.3 Å². The molecule has 0 radical (unpaired) electrons. The van der Waals surface area contributed by atoms with Crippen LogP contribution in [0.4, 0.5) is 15.8 Å². The number of nitrogen functional groups attached to an aromatic ring is 1. The van der Waals surface area contributed by atoms with Crippen molar-refractivity contribution >= 4 is 33.2 Å². The second kappa shape index (κ2) is 5.40. The van der Waals surface area contributed by atoms with Crippen molar-refractivity contribution in [2.24, 2.45) is 0 Å². The van der Waals surface area contributed by atoms with Crippen LogP contribution in [0.1, 0.15) is 15.9 Å². The van der Waals surface area contributed by atoms with Gasteiger partial charge in [-0.15, -0.1) is 0 Å². The van der Waals surface area contributed by atoms with Crippen LogP contribution >= 0.6 is 15.9 Å². The Bertz CT molecular complexity index is 623. The number of amides is 1. The SMILES string of the molecule is Cc1c(N)cccc1NC(=O)c1cc(F)cc(Br)c1. The molecular weight excluding hydrogens is 311 g/mol. The molecule has 1 amide bonds. The van der Waals surface area contributed by atoms with Crippen LogP contribution < -0.4 is 11.1 Å². The molecule has 0 saturated carbocycles. The van der Waals surface area contributed by atoms with Gasteiger partial charge in [0.2, 0.25) is 0 Å². The summed E-state index contributed by atoms with van der Waals surface area (Å²) in [6, 6.07) is 9.28. The summed E-state index contributed by atoms with van der Waals surface area (Å²) in [7, 11) is 0. The summed E-state index contributed by atoms with van der Waals surface area (Å²) in [4.78, 5) is 12.0. The molecule has 2 aromatic carbocycles. The number of carbonyl (C=O) groups excluding carboxylic acids is 1. The lowest BCUT2D eigenvalue weighted by molar-refractivity contribution is 0.102. The lowest BCUT2D eigenvalue weighted by Gasteiger charge is -2.10. The Morgan fingerprint density at radius 2 is 2.05 bits per heavy atom. The predicted octanol–water partition coefficient (Wildman–Crippen LogP) is 3.73. The highest BCUT2D eigenvalue weighted by Gasteiger charge is 2.10. The molecule has 0 saturated heterocycles. The minimum atomic E-state index is -0.469. The van der Waals surface area contributed by atoms with Gasteiger partial charge in [0.15, 0.2) is 0 Å². The standard InChI is InChI=1S/C14H12BrFN2O/c1-8-12(17)3-2-4-13(8)18-14(19)9-5-10(15)7-11(16)6-9/h2-7H,17H2,1H3,(H,18,19). The van der Waals surface area contributed by atoms with Crippen LogP contribution in [0.3, 0.4) is 0 Å². The zero-order valence-corrected chi connectivity index (χ0v) is 11.8. The highest BCUT2D eigenvalue weighted by Crippen LogP contribution is 2.22. The van der Waals surface area contributed by atoms with E-state index in [1.807, 2.05) is 6.92 Å². The molecule has 98 valence electrons. The van der Waals surface area contributed by atoms with E-state index in [0.29, 0.717) is 15.8 Å². The minimum Gasteiger partial charge on any atom is -0.398 e. The molecule has 19 heavy (non-hydrogen) atoms. The number of hydrogen-bond donors (Lipinski definition) is 2. The predicted molar refractivity (Wildman–Crippen MR) is 77.6 cm³/mol. The van der Waals surface area contributed by atoms with Crippen molar-refractivity contribution in [3.8, 4) is 0 Å². The van der Waals surface area contributed by atoms with Crippen LogP contribution in [-0.4, -0.2) is 5.91 Å². The van der Waals surface area contributed by atoms with Gasteiger partial charge in [-0.1, -0.05) is 22.0 Å². The Balaban J connectivity index is 2.28. The molecule has 0 aliphatic heterocycles. The van der Waals surface area contributed by atoms with E-state index in [1.165, 1.54) is 12.1 Å². The topological polar surface area (TPSA) is 55.1 Å². The monoisotopic (exact) mass is 322 g/mol. The van der Waals surface area contributed by atoms with Crippen molar-refractivity contribution in [1.82, 2.24) is 0 Å². The molecular formula is C14H12BrFN2O. The third-order valence-electron chi connectivity index (χ3n) is 2.75. The van der Waals surface area contributed by atoms with Gasteiger partial charge in [-0.3, -0.25) is 4.79 Å². The fourth-order valence-corrected chi connectivity index (χ4v) is 2.13. The number of hydrogen-bond acceptors (Lipinski definition) is 2. The van der Waals surface area contributed by atoms with E-state index < -0.39 is 5.82 Å². The van der Waals surface area contributed by atoms with Crippen molar-refractivity contribution in [2.75, 3.05) is 11.1 Å². The molecule has 0 atom stereocenters. The maximum absolute atomic E-state index is 13.2. The molecule has 3 nitrogen and oxygen atoms in total. The highest BCUT2D eigenvalue weighted by atomic mass is 79.9. The summed E-state index contributed by atoms with van der Waals surface area (Å²) in [5, 5.41) is 2.72. The van der Waals surface area contributed by atoms with Gasteiger partial charge >= 0.3 is 0 Å². The lowest BCUT2D eigenvalue weighted by atomic mass is 10.1. The molecule has 2 rings (SSSR count). The Morgan fingerprint density at radius 3 is 2.74 bits per heavy atom. The number of nitrogens with one attached hydrogen (secondary N) is 1. The first kappa shape index (κ1) is 13.5. The van der Waals surface area contributed by atoms with Crippen LogP contribution in [-0.2, 0) is 0 Å². The van der Waals surface area contributed by atoms with Gasteiger partial charge in [-0.25, -0.2) is 4.39 Å². The van der Waals surface area contributed by atoms with Crippen LogP contribution in [0.2, 0.25) is 0 Å². The number of rotatable bonds is 2. The van der Waals surface area contributed by atoms with Crippen molar-refractivity contribution in [3.05, 3.63) is 57.8 Å². The van der Waals surface area contributed by atoms with E-state index in [9.17, 15) is 9.18 Å². The van der Waals surface area contributed by atoms with E-state index in [4.69, 9.17) is 5.73 Å². The Hall–Kier alpha value is -1.88. The van der Waals surface area contributed by atoms with Crippen molar-refractivity contribution in [3.63, 3.8) is 0 Å². The summed E-state index contributed by atoms with van der Waals surface area (Å²) in [6.45, 7) is 1.81. The van der Waals surface area contributed by atoms with Crippen LogP contribution in [0, 0.1) is 12.7 Å². The second-order valence-electron chi connectivity index (χ2n) is 4.13. The first-order chi connectivity index (χ1) is 8.97. The van der Waals surface area contributed by atoms with Crippen LogP contribution in [0.25, 0.3) is 0 Å². The number of benzene rings is 2. The summed E-state index contributed by atoms with van der Waals surface area (Å²) in [5.41, 5.74) is 8.00. The minimum absolute atomic E-state index is 0.244. The quantitative estimate of drug-likeness (QED) is 0.828. The smallest absolute Gasteiger partial charge is 0.255 e. The molecule has 0 unspecified atom stereocenters. The lowest BCUT2D eigenvalue weighted by Crippen LogP contribution is -2.13. The molecule has 0 bridgehead atoms. The van der Waals surface area contributed by atoms with Crippen molar-refractivity contribution in [1.29, 1.82) is 0 Å². The maximum atomic E-state index is 13.2. The Kier molecular flexibility index (Phi) is 3.85. The van der Waals surface area contributed by atoms with Crippen molar-refractivity contribution in [2.45, 2.75) is 6.92 Å². The highest BCUT2D eigenvalue weighted by molar-refractivity contribution is 9.10. The Morgan fingerprint density at radius 1 is 1.32 bits per heavy atom. The number of carbonyl (C=O) groups is 1. The third-order valence-corrected chi connectivity index (χ3v) is 3.21. The molecule has 0 aliphatic rings. The molecule has 0 fully saturated rings. The van der Waals surface area contributed by atoms with Gasteiger partial charge in [0.1, 0.15) is 5.82 Å². The van der Waals surface area contributed by atoms with Gasteiger partial charge in [0.25, 0.3) is 5.91 Å². The summed E-state index contributed by atoms with van der Waals surface area (Å²) >= 11 is 3.15. The summed E-state index contributed by atoms with van der Waals surface area (Å²) in [5.74, 6) is -0.849. The fraction of sp³-hybridized carbons (Fsp3) is 0.0714. The number of halogens is 2. The first-order valence-corrected chi connectivity index (χ1v) is 6.39. The Labute approximate surface area is 118 Å². The molecule has 5 heteroatoms. The van der Waals surface area contributed by atoms with Gasteiger partial charge in [-0.2, -0.15) is 0 Å². The number of anilines is 2. The molecule has 0 spiro atoms. The first-order valence-electron chi connectivity index (χ1n) is 5.60. The van der Waals surface area contributed by atoms with Crippen molar-refractivity contribution < 1.29 is 9.18 Å². The average molecular weight is 323 g/mol. The second-order valence-corrected chi connectivity index (χ2v) is 5.05.